The lowest BCUT2D eigenvalue weighted by molar-refractivity contribution is 0.141. The lowest BCUT2D eigenvalue weighted by Crippen LogP contribution is -2.15. The van der Waals surface area contributed by atoms with E-state index >= 15 is 0 Å². The highest BCUT2D eigenvalue weighted by molar-refractivity contribution is 14.1. The molecule has 0 saturated carbocycles. The lowest BCUT2D eigenvalue weighted by Gasteiger charge is -2.16. The van der Waals surface area contributed by atoms with E-state index in [0.29, 0.717) is 6.61 Å². The molecule has 6 heteroatoms. The maximum Gasteiger partial charge on any atom is 0.125 e. The van der Waals surface area contributed by atoms with Crippen LogP contribution in [-0.4, -0.2) is 31.4 Å². The second-order valence-electron chi connectivity index (χ2n) is 6.15. The molecule has 5 nitrogen and oxygen atoms in total. The first-order chi connectivity index (χ1) is 12.7. The van der Waals surface area contributed by atoms with Gasteiger partial charge in [-0.15, -0.1) is 0 Å². The molecule has 134 valence electrons. The van der Waals surface area contributed by atoms with Gasteiger partial charge >= 0.3 is 0 Å². The van der Waals surface area contributed by atoms with Crippen molar-refractivity contribution in [2.75, 3.05) is 25.6 Å². The lowest BCUT2D eigenvalue weighted by atomic mass is 10.1. The molecule has 1 atom stereocenters. The van der Waals surface area contributed by atoms with Crippen LogP contribution in [0.5, 0.6) is 11.5 Å². The van der Waals surface area contributed by atoms with Crippen LogP contribution in [0.25, 0.3) is 10.9 Å². The smallest absolute Gasteiger partial charge is 0.125 e. The van der Waals surface area contributed by atoms with Gasteiger partial charge in [-0.2, -0.15) is 0 Å². The Labute approximate surface area is 165 Å². The SMILES string of the molecule is COc1cc(Nc2ccnc3ccc(I)cc23)cc(OC2CCOC2)c1. The number of hydrogen-bond acceptors (Lipinski definition) is 5. The number of methoxy groups -OCH3 is 1. The maximum absolute atomic E-state index is 6.04. The highest BCUT2D eigenvalue weighted by atomic mass is 127. The molecule has 4 rings (SSSR count). The molecule has 1 N–H and O–H groups in total. The number of benzene rings is 2. The minimum atomic E-state index is 0.0956. The van der Waals surface area contributed by atoms with E-state index in [2.05, 4.69) is 45.0 Å². The molecule has 0 aliphatic carbocycles. The quantitative estimate of drug-likeness (QED) is 0.555. The van der Waals surface area contributed by atoms with E-state index in [1.807, 2.05) is 36.5 Å². The maximum atomic E-state index is 6.04. The Hall–Kier alpha value is -2.06. The molecule has 1 aliphatic rings. The zero-order chi connectivity index (χ0) is 17.9. The van der Waals surface area contributed by atoms with Crippen molar-refractivity contribution >= 4 is 44.9 Å². The summed E-state index contributed by atoms with van der Waals surface area (Å²) in [6.45, 7) is 1.38. The first-order valence-corrected chi connectivity index (χ1v) is 9.54. The highest BCUT2D eigenvalue weighted by Gasteiger charge is 2.18. The van der Waals surface area contributed by atoms with Crippen LogP contribution in [0.2, 0.25) is 0 Å². The average Bonchev–Trinajstić information content (AvgIpc) is 3.15. The molecule has 2 heterocycles. The van der Waals surface area contributed by atoms with Gasteiger partial charge in [0.25, 0.3) is 0 Å². The average molecular weight is 462 g/mol. The minimum Gasteiger partial charge on any atom is -0.497 e. The number of ether oxygens (including phenoxy) is 3. The fraction of sp³-hybridized carbons (Fsp3) is 0.250. The Balaban J connectivity index is 1.66. The first-order valence-electron chi connectivity index (χ1n) is 8.46. The summed E-state index contributed by atoms with van der Waals surface area (Å²) in [7, 11) is 1.66. The van der Waals surface area contributed by atoms with Gasteiger partial charge in [0.05, 0.1) is 25.8 Å². The topological polar surface area (TPSA) is 52.6 Å². The van der Waals surface area contributed by atoms with E-state index < -0.39 is 0 Å². The predicted molar refractivity (Wildman–Crippen MR) is 111 cm³/mol. The fourth-order valence-electron chi connectivity index (χ4n) is 3.01. The van der Waals surface area contributed by atoms with Gasteiger partial charge in [0.2, 0.25) is 0 Å². The molecule has 3 aromatic rings. The number of rotatable bonds is 5. The molecule has 2 aromatic carbocycles. The van der Waals surface area contributed by atoms with Crippen molar-refractivity contribution in [3.8, 4) is 11.5 Å². The summed E-state index contributed by atoms with van der Waals surface area (Å²) >= 11 is 2.31. The summed E-state index contributed by atoms with van der Waals surface area (Å²) < 4.78 is 18.0. The van der Waals surface area contributed by atoms with Gasteiger partial charge in [-0.25, -0.2) is 0 Å². The zero-order valence-corrected chi connectivity index (χ0v) is 16.5. The number of aromatic nitrogens is 1. The fourth-order valence-corrected chi connectivity index (χ4v) is 3.50. The number of anilines is 2. The van der Waals surface area contributed by atoms with Crippen LogP contribution in [0.3, 0.4) is 0 Å². The Morgan fingerprint density at radius 2 is 2.04 bits per heavy atom. The summed E-state index contributed by atoms with van der Waals surface area (Å²) in [6, 6.07) is 14.0. The van der Waals surface area contributed by atoms with E-state index in [0.717, 1.165) is 46.8 Å². The standard InChI is InChI=1S/C20H19IN2O3/c1-24-16-9-14(10-17(11-16)26-15-5-7-25-12-15)23-20-4-6-22-19-3-2-13(21)8-18(19)20/h2-4,6,8-11,15H,5,7,12H2,1H3,(H,22,23). The summed E-state index contributed by atoms with van der Waals surface area (Å²) in [5, 5.41) is 4.56. The van der Waals surface area contributed by atoms with Gasteiger partial charge in [0.15, 0.2) is 0 Å². The summed E-state index contributed by atoms with van der Waals surface area (Å²) in [5.41, 5.74) is 2.86. The second-order valence-corrected chi connectivity index (χ2v) is 7.39. The third kappa shape index (κ3) is 3.86. The minimum absolute atomic E-state index is 0.0956. The molecule has 1 aliphatic heterocycles. The van der Waals surface area contributed by atoms with E-state index in [4.69, 9.17) is 14.2 Å². The molecule has 1 unspecified atom stereocenters. The van der Waals surface area contributed by atoms with Crippen LogP contribution in [0.4, 0.5) is 11.4 Å². The summed E-state index contributed by atoms with van der Waals surface area (Å²) in [5.74, 6) is 1.52. The van der Waals surface area contributed by atoms with Crippen LogP contribution in [-0.2, 0) is 4.74 Å². The number of nitrogens with zero attached hydrogens (tertiary/aromatic N) is 1. The monoisotopic (exact) mass is 462 g/mol. The molecule has 1 fully saturated rings. The van der Waals surface area contributed by atoms with E-state index in [9.17, 15) is 0 Å². The first kappa shape index (κ1) is 17.4. The van der Waals surface area contributed by atoms with Crippen LogP contribution in [0.15, 0.2) is 48.7 Å². The van der Waals surface area contributed by atoms with Crippen molar-refractivity contribution in [3.63, 3.8) is 0 Å². The molecule has 26 heavy (non-hydrogen) atoms. The third-order valence-corrected chi connectivity index (χ3v) is 4.96. The Kier molecular flexibility index (Phi) is 5.12. The Morgan fingerprint density at radius 3 is 2.85 bits per heavy atom. The molecule has 0 amide bonds. The van der Waals surface area contributed by atoms with E-state index in [-0.39, 0.29) is 6.10 Å². The van der Waals surface area contributed by atoms with Crippen LogP contribution in [0.1, 0.15) is 6.42 Å². The number of hydrogen-bond donors (Lipinski definition) is 1. The zero-order valence-electron chi connectivity index (χ0n) is 14.4. The third-order valence-electron chi connectivity index (χ3n) is 4.29. The van der Waals surface area contributed by atoms with Gasteiger partial charge < -0.3 is 19.5 Å². The molecule has 0 bridgehead atoms. The van der Waals surface area contributed by atoms with Crippen LogP contribution in [0, 0.1) is 3.57 Å². The van der Waals surface area contributed by atoms with Gasteiger partial charge in [-0.3, -0.25) is 4.98 Å². The number of nitrogens with one attached hydrogen (secondary N) is 1. The molecule has 1 saturated heterocycles. The second kappa shape index (κ2) is 7.67. The summed E-state index contributed by atoms with van der Waals surface area (Å²) in [6.07, 6.45) is 2.82. The van der Waals surface area contributed by atoms with Crippen molar-refractivity contribution in [1.29, 1.82) is 0 Å². The summed E-state index contributed by atoms with van der Waals surface area (Å²) in [4.78, 5) is 4.44. The predicted octanol–water partition coefficient (Wildman–Crippen LogP) is 4.76. The van der Waals surface area contributed by atoms with Gasteiger partial charge in [-0.1, -0.05) is 0 Å². The van der Waals surface area contributed by atoms with E-state index in [1.165, 1.54) is 3.57 Å². The van der Waals surface area contributed by atoms with Crippen molar-refractivity contribution in [1.82, 2.24) is 4.98 Å². The van der Waals surface area contributed by atoms with Crippen molar-refractivity contribution < 1.29 is 14.2 Å². The largest absolute Gasteiger partial charge is 0.497 e. The Bertz CT molecular complexity index is 926. The molecule has 0 radical (unpaired) electrons. The van der Waals surface area contributed by atoms with Crippen molar-refractivity contribution in [2.45, 2.75) is 12.5 Å². The number of halogens is 1. The van der Waals surface area contributed by atoms with Crippen molar-refractivity contribution in [2.24, 2.45) is 0 Å². The highest BCUT2D eigenvalue weighted by Crippen LogP contribution is 2.32. The van der Waals surface area contributed by atoms with Gasteiger partial charge in [0.1, 0.15) is 17.6 Å². The van der Waals surface area contributed by atoms with Crippen LogP contribution >= 0.6 is 22.6 Å². The Morgan fingerprint density at radius 1 is 1.15 bits per heavy atom. The van der Waals surface area contributed by atoms with Gasteiger partial charge in [-0.05, 0) is 46.9 Å². The normalized spacial score (nSPS) is 16.6. The van der Waals surface area contributed by atoms with Crippen molar-refractivity contribution in [3.05, 3.63) is 52.2 Å². The molecular weight excluding hydrogens is 443 g/mol. The molecule has 1 aromatic heterocycles. The molecular formula is C20H19IN2O3. The van der Waals surface area contributed by atoms with E-state index in [1.54, 1.807) is 7.11 Å². The van der Waals surface area contributed by atoms with Crippen LogP contribution < -0.4 is 14.8 Å². The number of fused-ring (bicyclic) bond motifs is 1. The number of pyridine rings is 1. The molecule has 0 spiro atoms. The van der Waals surface area contributed by atoms with Gasteiger partial charge in [0, 0.05) is 51.1 Å².